The number of piperidine rings is 1. The topological polar surface area (TPSA) is 54.0 Å². The molecule has 3 heterocycles. The zero-order valence-electron chi connectivity index (χ0n) is 19.9. The van der Waals surface area contributed by atoms with Crippen LogP contribution in [0.1, 0.15) is 30.4 Å². The number of nitrogens with zero attached hydrogens (tertiary/aromatic N) is 2. The number of hydrogen-bond donors (Lipinski definition) is 1. The molecule has 2 aromatic rings. The van der Waals surface area contributed by atoms with E-state index in [4.69, 9.17) is 21.7 Å². The zero-order chi connectivity index (χ0) is 24.0. The summed E-state index contributed by atoms with van der Waals surface area (Å²) in [6.45, 7) is 4.37. The van der Waals surface area contributed by atoms with Crippen LogP contribution in [-0.2, 0) is 11.2 Å². The molecular weight excluding hydrogens is 466 g/mol. The van der Waals surface area contributed by atoms with Crippen molar-refractivity contribution in [2.24, 2.45) is 5.41 Å². The van der Waals surface area contributed by atoms with Gasteiger partial charge in [-0.3, -0.25) is 4.79 Å². The van der Waals surface area contributed by atoms with Gasteiger partial charge in [-0.2, -0.15) is 11.3 Å². The molecule has 0 aliphatic carbocycles. The lowest BCUT2D eigenvalue weighted by molar-refractivity contribution is -0.128. The van der Waals surface area contributed by atoms with Crippen LogP contribution in [0.15, 0.2) is 41.1 Å². The summed E-state index contributed by atoms with van der Waals surface area (Å²) in [6.07, 6.45) is 7.68. The maximum Gasteiger partial charge on any atom is 0.246 e. The minimum absolute atomic E-state index is 0.114. The summed E-state index contributed by atoms with van der Waals surface area (Å²) >= 11 is 7.35. The van der Waals surface area contributed by atoms with Crippen molar-refractivity contribution in [3.05, 3.63) is 52.2 Å². The van der Waals surface area contributed by atoms with E-state index in [-0.39, 0.29) is 11.3 Å². The first-order valence-electron chi connectivity index (χ1n) is 11.7. The second-order valence-electron chi connectivity index (χ2n) is 9.06. The van der Waals surface area contributed by atoms with Crippen molar-refractivity contribution in [1.29, 1.82) is 0 Å². The third kappa shape index (κ3) is 5.91. The molecule has 34 heavy (non-hydrogen) atoms. The number of methoxy groups -OCH3 is 2. The lowest BCUT2D eigenvalue weighted by atomic mass is 9.78. The highest BCUT2D eigenvalue weighted by molar-refractivity contribution is 7.80. The van der Waals surface area contributed by atoms with Gasteiger partial charge < -0.3 is 24.6 Å². The van der Waals surface area contributed by atoms with Gasteiger partial charge in [0.15, 0.2) is 16.6 Å². The molecule has 182 valence electrons. The first-order valence-corrected chi connectivity index (χ1v) is 13.1. The number of thiophene rings is 1. The fourth-order valence-electron chi connectivity index (χ4n) is 4.82. The third-order valence-electron chi connectivity index (χ3n) is 6.96. The normalized spacial score (nSPS) is 17.4. The Bertz CT molecular complexity index is 1010. The summed E-state index contributed by atoms with van der Waals surface area (Å²) in [4.78, 5) is 16.9. The first kappa shape index (κ1) is 24.5. The second kappa shape index (κ2) is 11.2. The predicted molar refractivity (Wildman–Crippen MR) is 142 cm³/mol. The van der Waals surface area contributed by atoms with E-state index in [2.05, 4.69) is 16.3 Å². The second-order valence-corrected chi connectivity index (χ2v) is 10.2. The molecule has 2 aliphatic rings. The molecule has 2 saturated heterocycles. The largest absolute Gasteiger partial charge is 0.493 e. The summed E-state index contributed by atoms with van der Waals surface area (Å²) < 4.78 is 10.7. The highest BCUT2D eigenvalue weighted by Gasteiger charge is 2.41. The van der Waals surface area contributed by atoms with Crippen molar-refractivity contribution >= 4 is 40.7 Å². The molecule has 1 aromatic heterocycles. The van der Waals surface area contributed by atoms with Crippen LogP contribution in [0, 0.1) is 5.41 Å². The molecule has 0 saturated carbocycles. The molecule has 0 radical (unpaired) electrons. The number of benzene rings is 1. The van der Waals surface area contributed by atoms with Gasteiger partial charge in [-0.15, -0.1) is 0 Å². The molecule has 2 fully saturated rings. The number of rotatable bonds is 7. The Hall–Kier alpha value is -2.58. The highest BCUT2D eigenvalue weighted by atomic mass is 32.1. The summed E-state index contributed by atoms with van der Waals surface area (Å²) in [6, 6.07) is 8.03. The van der Waals surface area contributed by atoms with E-state index >= 15 is 0 Å². The van der Waals surface area contributed by atoms with Gasteiger partial charge in [0, 0.05) is 38.8 Å². The number of nitrogens with one attached hydrogen (secondary N) is 1. The molecule has 1 aromatic carbocycles. The van der Waals surface area contributed by atoms with Gasteiger partial charge in [0.1, 0.15) is 0 Å². The fourth-order valence-corrected chi connectivity index (χ4v) is 5.71. The molecule has 1 spiro atoms. The highest BCUT2D eigenvalue weighted by Crippen LogP contribution is 2.40. The van der Waals surface area contributed by atoms with Crippen LogP contribution in [0.5, 0.6) is 11.5 Å². The number of thiocarbonyl (C=S) groups is 1. The van der Waals surface area contributed by atoms with Crippen LogP contribution in [0.2, 0.25) is 0 Å². The maximum atomic E-state index is 12.6. The smallest absolute Gasteiger partial charge is 0.246 e. The Morgan fingerprint density at radius 1 is 1.12 bits per heavy atom. The molecule has 0 atom stereocenters. The van der Waals surface area contributed by atoms with E-state index in [1.807, 2.05) is 39.9 Å². The molecule has 1 N–H and O–H groups in total. The van der Waals surface area contributed by atoms with Crippen molar-refractivity contribution < 1.29 is 14.3 Å². The van der Waals surface area contributed by atoms with Crippen LogP contribution in [-0.4, -0.2) is 67.8 Å². The quantitative estimate of drug-likeness (QED) is 0.455. The van der Waals surface area contributed by atoms with Crippen LogP contribution in [0.25, 0.3) is 6.08 Å². The van der Waals surface area contributed by atoms with Crippen LogP contribution < -0.4 is 14.8 Å². The van der Waals surface area contributed by atoms with Crippen LogP contribution in [0.4, 0.5) is 0 Å². The summed E-state index contributed by atoms with van der Waals surface area (Å²) in [5, 5.41) is 8.33. The standard InChI is InChI=1S/C26H33N3O3S2/c1-31-22-5-3-20(17-23(22)32-2)7-12-27-25(33)29-15-11-26(19-29)9-13-28(14-10-26)24(30)6-4-21-8-16-34-18-21/h3-6,8,16-18H,7,9-15,19H2,1-2H3,(H,27,33)/b6-4+. The molecule has 6 nitrogen and oxygen atoms in total. The van der Waals surface area contributed by atoms with Gasteiger partial charge in [-0.1, -0.05) is 6.07 Å². The van der Waals surface area contributed by atoms with Gasteiger partial charge in [0.25, 0.3) is 0 Å². The Labute approximate surface area is 211 Å². The van der Waals surface area contributed by atoms with Crippen molar-refractivity contribution in [3.8, 4) is 11.5 Å². The molecule has 4 rings (SSSR count). The van der Waals surface area contributed by atoms with Crippen LogP contribution >= 0.6 is 23.6 Å². The maximum absolute atomic E-state index is 12.6. The van der Waals surface area contributed by atoms with E-state index in [0.29, 0.717) is 0 Å². The molecule has 0 unspecified atom stereocenters. The van der Waals surface area contributed by atoms with Crippen molar-refractivity contribution in [2.45, 2.75) is 25.7 Å². The third-order valence-corrected chi connectivity index (χ3v) is 8.06. The Morgan fingerprint density at radius 3 is 2.53 bits per heavy atom. The Morgan fingerprint density at radius 2 is 1.85 bits per heavy atom. The number of amides is 1. The fraction of sp³-hybridized carbons (Fsp3) is 0.462. The average molecular weight is 500 g/mol. The van der Waals surface area contributed by atoms with E-state index in [1.54, 1.807) is 31.6 Å². The monoisotopic (exact) mass is 499 g/mol. The van der Waals surface area contributed by atoms with Crippen molar-refractivity contribution in [2.75, 3.05) is 46.9 Å². The molecular formula is C26H33N3O3S2. The van der Waals surface area contributed by atoms with Gasteiger partial charge in [-0.05, 0) is 89.5 Å². The van der Waals surface area contributed by atoms with Gasteiger partial charge >= 0.3 is 0 Å². The molecule has 1 amide bonds. The number of carbonyl (C=O) groups is 1. The van der Waals surface area contributed by atoms with E-state index < -0.39 is 0 Å². The average Bonchev–Trinajstić information content (AvgIpc) is 3.53. The minimum Gasteiger partial charge on any atom is -0.493 e. The molecule has 8 heteroatoms. The summed E-state index contributed by atoms with van der Waals surface area (Å²) in [7, 11) is 3.30. The SMILES string of the molecule is COc1ccc(CCNC(=S)N2CCC3(CCN(C(=O)/C=C/c4ccsc4)CC3)C2)cc1OC. The summed E-state index contributed by atoms with van der Waals surface area (Å²) in [5.41, 5.74) is 2.53. The number of carbonyl (C=O) groups excluding carboxylic acids is 1. The van der Waals surface area contributed by atoms with Crippen molar-refractivity contribution in [3.63, 3.8) is 0 Å². The minimum atomic E-state index is 0.114. The number of hydrogen-bond acceptors (Lipinski definition) is 5. The van der Waals surface area contributed by atoms with Gasteiger partial charge in [0.05, 0.1) is 14.2 Å². The van der Waals surface area contributed by atoms with Crippen molar-refractivity contribution in [1.82, 2.24) is 15.1 Å². The molecule has 0 bridgehead atoms. The summed E-state index contributed by atoms with van der Waals surface area (Å²) in [5.74, 6) is 1.60. The Kier molecular flexibility index (Phi) is 8.11. The van der Waals surface area contributed by atoms with Crippen LogP contribution in [0.3, 0.4) is 0 Å². The van der Waals surface area contributed by atoms with E-state index in [1.165, 1.54) is 5.56 Å². The lowest BCUT2D eigenvalue weighted by Crippen LogP contribution is -2.45. The van der Waals surface area contributed by atoms with Gasteiger partial charge in [0.2, 0.25) is 5.91 Å². The lowest BCUT2D eigenvalue weighted by Gasteiger charge is -2.39. The Balaban J connectivity index is 1.21. The van der Waals surface area contributed by atoms with Gasteiger partial charge in [-0.25, -0.2) is 0 Å². The van der Waals surface area contributed by atoms with E-state index in [0.717, 1.165) is 80.6 Å². The first-order chi connectivity index (χ1) is 16.5. The predicted octanol–water partition coefficient (Wildman–Crippen LogP) is 4.21. The number of ether oxygens (including phenoxy) is 2. The number of likely N-dealkylation sites (tertiary alicyclic amines) is 2. The van der Waals surface area contributed by atoms with E-state index in [9.17, 15) is 4.79 Å². The zero-order valence-corrected chi connectivity index (χ0v) is 21.6. The molecule has 2 aliphatic heterocycles.